The molecule has 0 fully saturated rings. The van der Waals surface area contributed by atoms with Crippen molar-refractivity contribution in [3.8, 4) is 0 Å². The number of pyridine rings is 1. The van der Waals surface area contributed by atoms with Crippen LogP contribution in [0, 0.1) is 10.1 Å². The molecule has 2 N–H and O–H groups in total. The van der Waals surface area contributed by atoms with Gasteiger partial charge in [-0.1, -0.05) is 11.6 Å². The zero-order chi connectivity index (χ0) is 15.1. The topological polar surface area (TPSA) is 115 Å². The number of carboxylic acids is 1. The van der Waals surface area contributed by atoms with Gasteiger partial charge in [0.1, 0.15) is 6.04 Å². The Hall–Kier alpha value is -1.93. The Morgan fingerprint density at radius 1 is 1.70 bits per heavy atom. The summed E-state index contributed by atoms with van der Waals surface area (Å²) in [5.41, 5.74) is -0.365. The van der Waals surface area contributed by atoms with E-state index in [4.69, 9.17) is 21.4 Å². The third-order valence-electron chi connectivity index (χ3n) is 2.48. The normalized spacial score (nSPS) is 11.9. The molecule has 8 nitrogen and oxygen atoms in total. The molecule has 1 rings (SSSR count). The molecule has 0 saturated carbocycles. The SMILES string of the molecule is COCCCC(Nc1ncc(Cl)cc1[N+](=O)[O-])C(=O)O. The van der Waals surface area contributed by atoms with Gasteiger partial charge in [-0.3, -0.25) is 10.1 Å². The predicted molar refractivity (Wildman–Crippen MR) is 72.1 cm³/mol. The van der Waals surface area contributed by atoms with E-state index < -0.39 is 16.9 Å². The van der Waals surface area contributed by atoms with Crippen LogP contribution in [0.2, 0.25) is 5.02 Å². The molecular weight excluding hydrogens is 290 g/mol. The number of aromatic nitrogens is 1. The van der Waals surface area contributed by atoms with E-state index in [9.17, 15) is 14.9 Å². The second-order valence-electron chi connectivity index (χ2n) is 3.95. The number of rotatable bonds is 8. The molecule has 20 heavy (non-hydrogen) atoms. The van der Waals surface area contributed by atoms with Crippen molar-refractivity contribution in [2.75, 3.05) is 19.0 Å². The number of carboxylic acid groups (broad SMARTS) is 1. The highest BCUT2D eigenvalue weighted by Crippen LogP contribution is 2.26. The zero-order valence-corrected chi connectivity index (χ0v) is 11.5. The van der Waals surface area contributed by atoms with Crippen molar-refractivity contribution in [1.82, 2.24) is 4.98 Å². The fourth-order valence-corrected chi connectivity index (χ4v) is 1.69. The third-order valence-corrected chi connectivity index (χ3v) is 2.69. The molecule has 9 heteroatoms. The molecule has 1 atom stereocenters. The predicted octanol–water partition coefficient (Wildman–Crippen LogP) is 1.93. The summed E-state index contributed by atoms with van der Waals surface area (Å²) in [6.45, 7) is 0.404. The van der Waals surface area contributed by atoms with Crippen LogP contribution >= 0.6 is 11.6 Å². The molecule has 0 aliphatic heterocycles. The Balaban J connectivity index is 2.87. The number of anilines is 1. The maximum Gasteiger partial charge on any atom is 0.326 e. The minimum absolute atomic E-state index is 0.105. The molecule has 0 aliphatic rings. The lowest BCUT2D eigenvalue weighted by Crippen LogP contribution is -2.30. The number of carbonyl (C=O) groups is 1. The van der Waals surface area contributed by atoms with Gasteiger partial charge in [-0.05, 0) is 12.8 Å². The number of halogens is 1. The van der Waals surface area contributed by atoms with Crippen LogP contribution in [-0.4, -0.2) is 40.7 Å². The summed E-state index contributed by atoms with van der Waals surface area (Å²) in [5.74, 6) is -1.24. The van der Waals surface area contributed by atoms with Crippen LogP contribution in [0.4, 0.5) is 11.5 Å². The summed E-state index contributed by atoms with van der Waals surface area (Å²) in [6, 6.07) is 0.128. The lowest BCUT2D eigenvalue weighted by Gasteiger charge is -2.14. The zero-order valence-electron chi connectivity index (χ0n) is 10.7. The van der Waals surface area contributed by atoms with E-state index in [1.165, 1.54) is 13.3 Å². The largest absolute Gasteiger partial charge is 0.480 e. The second kappa shape index (κ2) is 7.61. The van der Waals surface area contributed by atoms with Gasteiger partial charge in [-0.15, -0.1) is 0 Å². The molecule has 0 aromatic carbocycles. The van der Waals surface area contributed by atoms with Crippen molar-refractivity contribution in [2.45, 2.75) is 18.9 Å². The van der Waals surface area contributed by atoms with Crippen LogP contribution < -0.4 is 5.32 Å². The van der Waals surface area contributed by atoms with Crippen LogP contribution in [0.3, 0.4) is 0 Å². The number of nitrogens with one attached hydrogen (secondary N) is 1. The molecule has 1 aromatic heterocycles. The number of aliphatic carboxylic acids is 1. The van der Waals surface area contributed by atoms with E-state index in [1.54, 1.807) is 0 Å². The molecule has 1 unspecified atom stereocenters. The quantitative estimate of drug-likeness (QED) is 0.428. The van der Waals surface area contributed by atoms with Crippen LogP contribution in [0.1, 0.15) is 12.8 Å². The fraction of sp³-hybridized carbons (Fsp3) is 0.455. The van der Waals surface area contributed by atoms with Gasteiger partial charge in [0.2, 0.25) is 5.82 Å². The number of nitro groups is 1. The summed E-state index contributed by atoms with van der Waals surface area (Å²) in [7, 11) is 1.51. The molecule has 0 spiro atoms. The number of hydrogen-bond donors (Lipinski definition) is 2. The van der Waals surface area contributed by atoms with Gasteiger partial charge in [-0.25, -0.2) is 9.78 Å². The summed E-state index contributed by atoms with van der Waals surface area (Å²) >= 11 is 5.63. The maximum absolute atomic E-state index is 11.1. The first-order valence-corrected chi connectivity index (χ1v) is 6.11. The number of methoxy groups -OCH3 is 1. The van der Waals surface area contributed by atoms with E-state index in [0.717, 1.165) is 6.07 Å². The van der Waals surface area contributed by atoms with E-state index in [-0.39, 0.29) is 22.9 Å². The average molecular weight is 304 g/mol. The first-order valence-electron chi connectivity index (χ1n) is 5.74. The highest BCUT2D eigenvalue weighted by Gasteiger charge is 2.23. The first kappa shape index (κ1) is 16.1. The minimum atomic E-state index is -1.12. The Morgan fingerprint density at radius 3 is 2.95 bits per heavy atom. The summed E-state index contributed by atoms with van der Waals surface area (Å²) in [4.78, 5) is 25.1. The van der Waals surface area contributed by atoms with E-state index in [2.05, 4.69) is 10.3 Å². The lowest BCUT2D eigenvalue weighted by molar-refractivity contribution is -0.384. The molecule has 1 heterocycles. The number of ether oxygens (including phenoxy) is 1. The highest BCUT2D eigenvalue weighted by atomic mass is 35.5. The van der Waals surface area contributed by atoms with Crippen LogP contribution in [0.15, 0.2) is 12.3 Å². The van der Waals surface area contributed by atoms with Gasteiger partial charge < -0.3 is 15.2 Å². The van der Waals surface area contributed by atoms with Gasteiger partial charge in [0.15, 0.2) is 0 Å². The van der Waals surface area contributed by atoms with Crippen molar-refractivity contribution < 1.29 is 19.6 Å². The minimum Gasteiger partial charge on any atom is -0.480 e. The standard InChI is InChI=1S/C11H14ClN3O5/c1-20-4-2-3-8(11(16)17)14-10-9(15(18)19)5-7(12)6-13-10/h5-6,8H,2-4H2,1H3,(H,13,14)(H,16,17). The molecule has 0 aliphatic carbocycles. The maximum atomic E-state index is 11.1. The van der Waals surface area contributed by atoms with Gasteiger partial charge >= 0.3 is 11.7 Å². The molecule has 0 bridgehead atoms. The van der Waals surface area contributed by atoms with Crippen molar-refractivity contribution >= 4 is 29.1 Å². The van der Waals surface area contributed by atoms with Crippen LogP contribution in [0.5, 0.6) is 0 Å². The van der Waals surface area contributed by atoms with Gasteiger partial charge in [0.05, 0.1) is 9.95 Å². The second-order valence-corrected chi connectivity index (χ2v) is 4.39. The highest BCUT2D eigenvalue weighted by molar-refractivity contribution is 6.30. The van der Waals surface area contributed by atoms with Gasteiger partial charge in [0.25, 0.3) is 0 Å². The van der Waals surface area contributed by atoms with Crippen LogP contribution in [-0.2, 0) is 9.53 Å². The number of nitrogens with zero attached hydrogens (tertiary/aromatic N) is 2. The van der Waals surface area contributed by atoms with Gasteiger partial charge in [0, 0.05) is 26.0 Å². The van der Waals surface area contributed by atoms with Crippen molar-refractivity contribution in [2.24, 2.45) is 0 Å². The van der Waals surface area contributed by atoms with E-state index in [0.29, 0.717) is 13.0 Å². The van der Waals surface area contributed by atoms with Crippen molar-refractivity contribution in [3.05, 3.63) is 27.4 Å². The fourth-order valence-electron chi connectivity index (χ4n) is 1.53. The lowest BCUT2D eigenvalue weighted by atomic mass is 10.1. The Labute approximate surface area is 119 Å². The van der Waals surface area contributed by atoms with Crippen LogP contribution in [0.25, 0.3) is 0 Å². The molecule has 0 saturated heterocycles. The van der Waals surface area contributed by atoms with E-state index in [1.807, 2.05) is 0 Å². The van der Waals surface area contributed by atoms with Crippen molar-refractivity contribution in [3.63, 3.8) is 0 Å². The molecule has 0 radical (unpaired) electrons. The molecular formula is C11H14ClN3O5. The third kappa shape index (κ3) is 4.63. The van der Waals surface area contributed by atoms with Gasteiger partial charge in [-0.2, -0.15) is 0 Å². The van der Waals surface area contributed by atoms with E-state index >= 15 is 0 Å². The monoisotopic (exact) mass is 303 g/mol. The summed E-state index contributed by atoms with van der Waals surface area (Å²) in [5, 5.41) is 22.6. The molecule has 0 amide bonds. The average Bonchev–Trinajstić information content (AvgIpc) is 2.39. The Kier molecular flexibility index (Phi) is 6.13. The number of hydrogen-bond acceptors (Lipinski definition) is 6. The molecule has 110 valence electrons. The summed E-state index contributed by atoms with van der Waals surface area (Å²) < 4.78 is 4.84. The molecule has 1 aromatic rings. The smallest absolute Gasteiger partial charge is 0.326 e. The first-order chi connectivity index (χ1) is 9.45. The Bertz CT molecular complexity index is 497. The Morgan fingerprint density at radius 2 is 2.40 bits per heavy atom. The summed E-state index contributed by atoms with van der Waals surface area (Å²) in [6.07, 6.45) is 1.97. The van der Waals surface area contributed by atoms with Crippen molar-refractivity contribution in [1.29, 1.82) is 0 Å².